The van der Waals surface area contributed by atoms with Gasteiger partial charge in [-0.05, 0) is 108 Å². The van der Waals surface area contributed by atoms with Gasteiger partial charge in [-0.25, -0.2) is 3.11 Å². The summed E-state index contributed by atoms with van der Waals surface area (Å²) in [6, 6.07) is 0. The van der Waals surface area contributed by atoms with Crippen molar-refractivity contribution in [2.24, 2.45) is 11.3 Å². The van der Waals surface area contributed by atoms with Crippen LogP contribution >= 0.6 is 22.9 Å². The monoisotopic (exact) mass is 503 g/mol. The number of piperidine rings is 3. The number of hydrogen-bond acceptors (Lipinski definition) is 4. The highest BCUT2D eigenvalue weighted by Crippen LogP contribution is 2.41. The highest BCUT2D eigenvalue weighted by molar-refractivity contribution is 14.1. The summed E-state index contributed by atoms with van der Waals surface area (Å²) in [7, 11) is 0. The zero-order chi connectivity index (χ0) is 19.4. The van der Waals surface area contributed by atoms with E-state index >= 15 is 0 Å². The lowest BCUT2D eigenvalue weighted by Gasteiger charge is -2.47. The smallest absolute Gasteiger partial charge is 0.0603 e. The normalized spacial score (nSPS) is 34.1. The second-order valence-corrected chi connectivity index (χ2v) is 11.5. The van der Waals surface area contributed by atoms with Crippen LogP contribution in [0.4, 0.5) is 0 Å². The van der Waals surface area contributed by atoms with E-state index in [1.165, 1.54) is 117 Å². The summed E-state index contributed by atoms with van der Waals surface area (Å²) in [6.45, 7) is 12.7. The second-order valence-electron chi connectivity index (χ2n) is 10.1. The molecule has 4 fully saturated rings. The molecule has 1 spiro atoms. The number of halogens is 1. The Labute approximate surface area is 187 Å². The Kier molecular flexibility index (Phi) is 7.98. The van der Waals surface area contributed by atoms with Crippen LogP contribution in [0.3, 0.4) is 0 Å². The van der Waals surface area contributed by atoms with Crippen molar-refractivity contribution >= 4 is 22.9 Å². The Balaban J connectivity index is 1.12. The van der Waals surface area contributed by atoms with E-state index in [2.05, 4.69) is 42.7 Å². The molecule has 0 unspecified atom stereocenters. The van der Waals surface area contributed by atoms with Gasteiger partial charge in [0.15, 0.2) is 0 Å². The number of likely N-dealkylation sites (tertiary alicyclic amines) is 2. The van der Waals surface area contributed by atoms with Gasteiger partial charge in [-0.1, -0.05) is 6.92 Å². The van der Waals surface area contributed by atoms with E-state index in [0.29, 0.717) is 17.6 Å². The van der Waals surface area contributed by atoms with Crippen LogP contribution < -0.4 is 0 Å². The van der Waals surface area contributed by atoms with Crippen molar-refractivity contribution in [1.29, 1.82) is 0 Å². The van der Waals surface area contributed by atoms with Crippen molar-refractivity contribution in [2.75, 3.05) is 52.4 Å². The highest BCUT2D eigenvalue weighted by atomic mass is 127. The van der Waals surface area contributed by atoms with E-state index in [0.717, 1.165) is 5.92 Å². The van der Waals surface area contributed by atoms with Gasteiger partial charge in [0.05, 0.1) is 12.2 Å². The van der Waals surface area contributed by atoms with Crippen LogP contribution in [0, 0.1) is 11.3 Å². The minimum atomic E-state index is 0.532. The standard InChI is InChI=1S/C23H42IN3O/c1-2-25-15-9-23(10-16-25)11-17-26(18-12-23)19-20-3-5-21(6-4-20)28-22-7-13-27(24)14-8-22/h20-22H,2-19H2,1H3. The molecule has 28 heavy (non-hydrogen) atoms. The maximum absolute atomic E-state index is 6.46. The van der Waals surface area contributed by atoms with Crippen LogP contribution in [0.5, 0.6) is 0 Å². The third-order valence-corrected chi connectivity index (χ3v) is 9.33. The molecule has 5 heteroatoms. The number of nitrogens with zero attached hydrogens (tertiary/aromatic N) is 3. The van der Waals surface area contributed by atoms with E-state index in [1.54, 1.807) is 0 Å². The summed E-state index contributed by atoms with van der Waals surface area (Å²) < 4.78 is 8.87. The molecule has 3 aliphatic heterocycles. The lowest BCUT2D eigenvalue weighted by Crippen LogP contribution is -2.47. The average molecular weight is 504 g/mol. The van der Waals surface area contributed by atoms with Gasteiger partial charge in [0.2, 0.25) is 0 Å². The molecule has 4 aliphatic rings. The number of rotatable bonds is 5. The number of ether oxygens (including phenoxy) is 1. The van der Waals surface area contributed by atoms with Gasteiger partial charge in [-0.2, -0.15) is 0 Å². The number of hydrogen-bond donors (Lipinski definition) is 0. The first-order valence-corrected chi connectivity index (χ1v) is 13.1. The fraction of sp³-hybridized carbons (Fsp3) is 1.00. The van der Waals surface area contributed by atoms with Crippen LogP contribution in [0.15, 0.2) is 0 Å². The van der Waals surface area contributed by atoms with Crippen LogP contribution in [-0.2, 0) is 4.74 Å². The molecular weight excluding hydrogens is 461 g/mol. The van der Waals surface area contributed by atoms with E-state index in [9.17, 15) is 0 Å². The SMILES string of the molecule is CCN1CCC2(CC1)CCN(CC1CCC(OC3CCN(I)CC3)CC1)CC2. The zero-order valence-electron chi connectivity index (χ0n) is 18.1. The molecule has 0 aromatic carbocycles. The van der Waals surface area contributed by atoms with Crippen LogP contribution in [-0.4, -0.2) is 77.5 Å². The Bertz CT molecular complexity index is 456. The molecular formula is C23H42IN3O. The third kappa shape index (κ3) is 5.83. The fourth-order valence-corrected chi connectivity index (χ4v) is 6.66. The average Bonchev–Trinajstić information content (AvgIpc) is 2.74. The molecule has 0 N–H and O–H groups in total. The molecule has 1 saturated carbocycles. The molecule has 0 atom stereocenters. The molecule has 162 valence electrons. The van der Waals surface area contributed by atoms with Gasteiger partial charge >= 0.3 is 0 Å². The summed E-state index contributed by atoms with van der Waals surface area (Å²) in [5, 5.41) is 0. The molecule has 0 aromatic heterocycles. The van der Waals surface area contributed by atoms with E-state index < -0.39 is 0 Å². The van der Waals surface area contributed by atoms with Crippen molar-refractivity contribution in [3.05, 3.63) is 0 Å². The summed E-state index contributed by atoms with van der Waals surface area (Å²) >= 11 is 2.45. The van der Waals surface area contributed by atoms with Crippen molar-refractivity contribution in [3.63, 3.8) is 0 Å². The Morgan fingerprint density at radius 2 is 1.29 bits per heavy atom. The largest absolute Gasteiger partial charge is 0.375 e. The summed E-state index contributed by atoms with van der Waals surface area (Å²) in [5.41, 5.74) is 0.696. The quantitative estimate of drug-likeness (QED) is 0.404. The lowest BCUT2D eigenvalue weighted by atomic mass is 9.71. The van der Waals surface area contributed by atoms with Crippen LogP contribution in [0.25, 0.3) is 0 Å². The predicted molar refractivity (Wildman–Crippen MR) is 125 cm³/mol. The molecule has 3 heterocycles. The fourth-order valence-electron chi connectivity index (χ4n) is 6.10. The Hall–Kier alpha value is 0.570. The minimum absolute atomic E-state index is 0.532. The molecule has 0 amide bonds. The molecule has 4 nitrogen and oxygen atoms in total. The first kappa shape index (κ1) is 21.8. The van der Waals surface area contributed by atoms with Crippen LogP contribution in [0.2, 0.25) is 0 Å². The Morgan fingerprint density at radius 3 is 1.86 bits per heavy atom. The lowest BCUT2D eigenvalue weighted by molar-refractivity contribution is -0.0552. The van der Waals surface area contributed by atoms with Crippen molar-refractivity contribution in [1.82, 2.24) is 12.9 Å². The predicted octanol–water partition coefficient (Wildman–Crippen LogP) is 4.57. The Morgan fingerprint density at radius 1 is 0.750 bits per heavy atom. The molecule has 1 aliphatic carbocycles. The van der Waals surface area contributed by atoms with Crippen LogP contribution in [0.1, 0.15) is 71.1 Å². The minimum Gasteiger partial charge on any atom is -0.375 e. The molecule has 4 rings (SSSR count). The summed E-state index contributed by atoms with van der Waals surface area (Å²) in [5.74, 6) is 0.923. The van der Waals surface area contributed by atoms with E-state index in [1.807, 2.05) is 0 Å². The summed E-state index contributed by atoms with van der Waals surface area (Å²) in [4.78, 5) is 5.45. The van der Waals surface area contributed by atoms with Crippen molar-refractivity contribution in [3.8, 4) is 0 Å². The molecule has 3 saturated heterocycles. The second kappa shape index (κ2) is 10.3. The van der Waals surface area contributed by atoms with E-state index in [4.69, 9.17) is 4.74 Å². The maximum Gasteiger partial charge on any atom is 0.0603 e. The van der Waals surface area contributed by atoms with Gasteiger partial charge < -0.3 is 14.5 Å². The van der Waals surface area contributed by atoms with Gasteiger partial charge in [0.1, 0.15) is 0 Å². The summed E-state index contributed by atoms with van der Waals surface area (Å²) in [6.07, 6.45) is 14.8. The topological polar surface area (TPSA) is 19.0 Å². The van der Waals surface area contributed by atoms with Gasteiger partial charge in [0, 0.05) is 42.5 Å². The van der Waals surface area contributed by atoms with Gasteiger partial charge in [0.25, 0.3) is 0 Å². The third-order valence-electron chi connectivity index (χ3n) is 8.36. The van der Waals surface area contributed by atoms with Crippen molar-refractivity contribution in [2.45, 2.75) is 83.3 Å². The molecule has 0 radical (unpaired) electrons. The molecule has 0 bridgehead atoms. The highest BCUT2D eigenvalue weighted by Gasteiger charge is 2.37. The van der Waals surface area contributed by atoms with Gasteiger partial charge in [-0.3, -0.25) is 0 Å². The maximum atomic E-state index is 6.46. The first-order valence-electron chi connectivity index (χ1n) is 12.1. The van der Waals surface area contributed by atoms with Gasteiger partial charge in [-0.15, -0.1) is 0 Å². The van der Waals surface area contributed by atoms with E-state index in [-0.39, 0.29) is 0 Å². The molecule has 0 aromatic rings. The first-order chi connectivity index (χ1) is 13.6. The zero-order valence-corrected chi connectivity index (χ0v) is 20.2. The van der Waals surface area contributed by atoms with Crippen molar-refractivity contribution < 1.29 is 4.74 Å².